The molecule has 0 aromatic carbocycles. The minimum absolute atomic E-state index is 0.0751. The lowest BCUT2D eigenvalue weighted by Crippen LogP contribution is -2.68. The molecule has 2 unspecified atom stereocenters. The molecule has 2 rings (SSSR count). The highest BCUT2D eigenvalue weighted by atomic mass is 16.5. The van der Waals surface area contributed by atoms with Crippen molar-refractivity contribution in [3.63, 3.8) is 0 Å². The van der Waals surface area contributed by atoms with Gasteiger partial charge in [0.05, 0.1) is 19.3 Å². The third-order valence-corrected chi connectivity index (χ3v) is 4.74. The van der Waals surface area contributed by atoms with E-state index in [9.17, 15) is 0 Å². The van der Waals surface area contributed by atoms with Gasteiger partial charge in [0, 0.05) is 30.8 Å². The van der Waals surface area contributed by atoms with E-state index in [0.717, 1.165) is 52.2 Å². The zero-order valence-corrected chi connectivity index (χ0v) is 12.8. The molecule has 0 aromatic rings. The lowest BCUT2D eigenvalue weighted by molar-refractivity contribution is -0.146. The second kappa shape index (κ2) is 6.08. The number of hydrogen-bond donors (Lipinski definition) is 1. The Kier molecular flexibility index (Phi) is 4.88. The SMILES string of the molecule is CCCC1CC(CN)(N2CCOCC2(C)C)CCO1. The molecule has 2 N–H and O–H groups in total. The molecule has 4 heteroatoms. The quantitative estimate of drug-likeness (QED) is 0.846. The highest BCUT2D eigenvalue weighted by Gasteiger charge is 2.47. The van der Waals surface area contributed by atoms with Crippen molar-refractivity contribution in [1.82, 2.24) is 4.90 Å². The summed E-state index contributed by atoms with van der Waals surface area (Å²) in [6, 6.07) is 0. The van der Waals surface area contributed by atoms with Crippen LogP contribution < -0.4 is 5.73 Å². The first-order valence-electron chi connectivity index (χ1n) is 7.71. The fourth-order valence-electron chi connectivity index (χ4n) is 3.79. The van der Waals surface area contributed by atoms with Crippen LogP contribution in [0.25, 0.3) is 0 Å². The maximum Gasteiger partial charge on any atom is 0.0645 e. The molecule has 0 aromatic heterocycles. The average Bonchev–Trinajstić information content (AvgIpc) is 2.39. The van der Waals surface area contributed by atoms with Crippen LogP contribution in [0.15, 0.2) is 0 Å². The van der Waals surface area contributed by atoms with Crippen molar-refractivity contribution in [3.8, 4) is 0 Å². The molecule has 4 nitrogen and oxygen atoms in total. The Morgan fingerprint density at radius 3 is 2.74 bits per heavy atom. The van der Waals surface area contributed by atoms with Gasteiger partial charge in [0.2, 0.25) is 0 Å². The van der Waals surface area contributed by atoms with E-state index in [1.54, 1.807) is 0 Å². The summed E-state index contributed by atoms with van der Waals surface area (Å²) >= 11 is 0. The molecule has 0 radical (unpaired) electrons. The van der Waals surface area contributed by atoms with Crippen molar-refractivity contribution in [2.45, 2.75) is 63.6 Å². The van der Waals surface area contributed by atoms with Crippen molar-refractivity contribution < 1.29 is 9.47 Å². The third kappa shape index (κ3) is 3.13. The second-order valence-electron chi connectivity index (χ2n) is 6.68. The third-order valence-electron chi connectivity index (χ3n) is 4.74. The first-order chi connectivity index (χ1) is 9.04. The van der Waals surface area contributed by atoms with Gasteiger partial charge in [-0.15, -0.1) is 0 Å². The molecule has 0 bridgehead atoms. The van der Waals surface area contributed by atoms with E-state index in [1.165, 1.54) is 6.42 Å². The van der Waals surface area contributed by atoms with Crippen LogP contribution >= 0.6 is 0 Å². The van der Waals surface area contributed by atoms with Crippen molar-refractivity contribution in [2.24, 2.45) is 5.73 Å². The summed E-state index contributed by atoms with van der Waals surface area (Å²) < 4.78 is 11.6. The molecule has 112 valence electrons. The largest absolute Gasteiger partial charge is 0.378 e. The molecule has 0 spiro atoms. The van der Waals surface area contributed by atoms with Crippen molar-refractivity contribution in [2.75, 3.05) is 32.9 Å². The van der Waals surface area contributed by atoms with Gasteiger partial charge in [-0.05, 0) is 33.1 Å². The van der Waals surface area contributed by atoms with E-state index in [4.69, 9.17) is 15.2 Å². The Morgan fingerprint density at radius 1 is 1.32 bits per heavy atom. The number of hydrogen-bond acceptors (Lipinski definition) is 4. The molecule has 0 amide bonds. The number of ether oxygens (including phenoxy) is 2. The van der Waals surface area contributed by atoms with Gasteiger partial charge in [-0.2, -0.15) is 0 Å². The van der Waals surface area contributed by atoms with Crippen LogP contribution in [0.2, 0.25) is 0 Å². The van der Waals surface area contributed by atoms with Crippen LogP contribution in [0.5, 0.6) is 0 Å². The van der Waals surface area contributed by atoms with Gasteiger partial charge in [-0.25, -0.2) is 0 Å². The smallest absolute Gasteiger partial charge is 0.0645 e. The number of morpholine rings is 1. The lowest BCUT2D eigenvalue weighted by atomic mass is 9.80. The molecule has 2 fully saturated rings. The minimum atomic E-state index is 0.0751. The van der Waals surface area contributed by atoms with Crippen molar-refractivity contribution in [3.05, 3.63) is 0 Å². The Bertz CT molecular complexity index is 294. The summed E-state index contributed by atoms with van der Waals surface area (Å²) in [5.41, 5.74) is 6.39. The molecule has 2 aliphatic heterocycles. The standard InChI is InChI=1S/C15H30N2O2/c1-4-5-13-10-15(11-16,6-8-19-13)17-7-9-18-12-14(17,2)3/h13H,4-12,16H2,1-3H3. The maximum atomic E-state index is 6.21. The van der Waals surface area contributed by atoms with Crippen LogP contribution in [0, 0.1) is 0 Å². The molecule has 2 aliphatic rings. The normalized spacial score (nSPS) is 36.3. The Hall–Kier alpha value is -0.160. The number of nitrogens with zero attached hydrogens (tertiary/aromatic N) is 1. The van der Waals surface area contributed by atoms with Crippen LogP contribution in [-0.4, -0.2) is 55.0 Å². The van der Waals surface area contributed by atoms with Crippen LogP contribution in [-0.2, 0) is 9.47 Å². The van der Waals surface area contributed by atoms with E-state index in [-0.39, 0.29) is 11.1 Å². The summed E-state index contributed by atoms with van der Waals surface area (Å²) in [6.45, 7) is 10.9. The minimum Gasteiger partial charge on any atom is -0.378 e. The second-order valence-corrected chi connectivity index (χ2v) is 6.68. The molecule has 19 heavy (non-hydrogen) atoms. The molecular weight excluding hydrogens is 240 g/mol. The zero-order chi connectivity index (χ0) is 13.9. The highest BCUT2D eigenvalue weighted by molar-refractivity contribution is 5.02. The zero-order valence-electron chi connectivity index (χ0n) is 12.8. The number of nitrogens with two attached hydrogens (primary N) is 1. The van der Waals surface area contributed by atoms with E-state index in [2.05, 4.69) is 25.7 Å². The molecule has 2 saturated heterocycles. The Labute approximate surface area is 117 Å². The summed E-state index contributed by atoms with van der Waals surface area (Å²) in [4.78, 5) is 2.61. The van der Waals surface area contributed by atoms with E-state index < -0.39 is 0 Å². The van der Waals surface area contributed by atoms with Crippen LogP contribution in [0.1, 0.15) is 46.5 Å². The van der Waals surface area contributed by atoms with Gasteiger partial charge in [0.1, 0.15) is 0 Å². The molecular formula is C15H30N2O2. The summed E-state index contributed by atoms with van der Waals surface area (Å²) in [5.74, 6) is 0. The highest BCUT2D eigenvalue weighted by Crippen LogP contribution is 2.37. The van der Waals surface area contributed by atoms with E-state index in [0.29, 0.717) is 6.10 Å². The summed E-state index contributed by atoms with van der Waals surface area (Å²) in [5, 5.41) is 0. The van der Waals surface area contributed by atoms with Gasteiger partial charge >= 0.3 is 0 Å². The molecule has 2 atom stereocenters. The average molecular weight is 270 g/mol. The van der Waals surface area contributed by atoms with Gasteiger partial charge < -0.3 is 15.2 Å². The first kappa shape index (κ1) is 15.2. The van der Waals surface area contributed by atoms with Gasteiger partial charge in [0.15, 0.2) is 0 Å². The van der Waals surface area contributed by atoms with Crippen molar-refractivity contribution >= 4 is 0 Å². The molecule has 0 saturated carbocycles. The number of rotatable bonds is 4. The van der Waals surface area contributed by atoms with Gasteiger partial charge in [0.25, 0.3) is 0 Å². The van der Waals surface area contributed by atoms with Crippen molar-refractivity contribution in [1.29, 1.82) is 0 Å². The summed E-state index contributed by atoms with van der Waals surface area (Å²) in [6.07, 6.45) is 4.82. The topological polar surface area (TPSA) is 47.7 Å². The first-order valence-corrected chi connectivity index (χ1v) is 7.71. The Balaban J connectivity index is 2.16. The molecule has 0 aliphatic carbocycles. The predicted molar refractivity (Wildman–Crippen MR) is 77.3 cm³/mol. The van der Waals surface area contributed by atoms with Gasteiger partial charge in [-0.1, -0.05) is 13.3 Å². The van der Waals surface area contributed by atoms with Crippen LogP contribution in [0.4, 0.5) is 0 Å². The monoisotopic (exact) mass is 270 g/mol. The fourth-order valence-corrected chi connectivity index (χ4v) is 3.79. The van der Waals surface area contributed by atoms with Crippen LogP contribution in [0.3, 0.4) is 0 Å². The molecule has 2 heterocycles. The summed E-state index contributed by atoms with van der Waals surface area (Å²) in [7, 11) is 0. The lowest BCUT2D eigenvalue weighted by Gasteiger charge is -2.56. The maximum absolute atomic E-state index is 6.21. The van der Waals surface area contributed by atoms with E-state index in [1.807, 2.05) is 0 Å². The van der Waals surface area contributed by atoms with Gasteiger partial charge in [-0.3, -0.25) is 4.90 Å². The predicted octanol–water partition coefficient (Wildman–Crippen LogP) is 1.77. The Morgan fingerprint density at radius 2 is 2.11 bits per heavy atom. The van der Waals surface area contributed by atoms with E-state index >= 15 is 0 Å². The fraction of sp³-hybridized carbons (Fsp3) is 1.00.